The summed E-state index contributed by atoms with van der Waals surface area (Å²) in [5.74, 6) is -0.375. The van der Waals surface area contributed by atoms with Crippen molar-refractivity contribution < 1.29 is 32.0 Å². The molecule has 0 aliphatic heterocycles. The van der Waals surface area contributed by atoms with Crippen molar-refractivity contribution in [3.05, 3.63) is 6.42 Å². The molecule has 8 heavy (non-hydrogen) atoms. The first-order chi connectivity index (χ1) is 3.13. The Balaban J connectivity index is 0. The monoisotopic (exact) mass is 280 g/mol. The smallest absolute Gasteiger partial charge is 0.00219 e. The number of rotatable bonds is 2. The number of ketones is 2. The molecule has 2 nitrogen and oxygen atoms in total. The fourth-order valence-corrected chi connectivity index (χ4v) is 0.286. The van der Waals surface area contributed by atoms with Crippen LogP contribution in [0.15, 0.2) is 0 Å². The molecule has 0 unspecified atom stereocenters. The Morgan fingerprint density at radius 1 is 1.12 bits per heavy atom. The van der Waals surface area contributed by atoms with Gasteiger partial charge in [-0.3, -0.25) is 6.42 Å². The molecule has 45 valence electrons. The number of hydrogen-bond acceptors (Lipinski definition) is 2. The Bertz CT molecular complexity index is 86.6. The summed E-state index contributed by atoms with van der Waals surface area (Å²) in [6.45, 7) is 2.70. The molecule has 0 atom stereocenters. The fraction of sp³-hybridized carbons (Fsp3) is 0.400. The van der Waals surface area contributed by atoms with Crippen molar-refractivity contribution in [3.63, 3.8) is 0 Å². The first-order valence-electron chi connectivity index (χ1n) is 1.99. The second-order valence-electron chi connectivity index (χ2n) is 1.37. The van der Waals surface area contributed by atoms with E-state index in [1.165, 1.54) is 13.8 Å². The third kappa shape index (κ3) is 9.34. The van der Waals surface area contributed by atoms with Crippen LogP contribution in [0.25, 0.3) is 0 Å². The molecule has 0 bridgehead atoms. The van der Waals surface area contributed by atoms with Gasteiger partial charge in [0.25, 0.3) is 0 Å². The summed E-state index contributed by atoms with van der Waals surface area (Å²) in [6.07, 6.45) is 1.06. The van der Waals surface area contributed by atoms with E-state index in [1.807, 2.05) is 0 Å². The van der Waals surface area contributed by atoms with Gasteiger partial charge in [0, 0.05) is 33.9 Å². The molecule has 0 saturated heterocycles. The quantitative estimate of drug-likeness (QED) is 0.541. The largest absolute Gasteiger partial charge is 0.334 e. The molecule has 0 spiro atoms. The Kier molecular flexibility index (Phi) is 6.91. The maximum atomic E-state index is 9.98. The average Bonchev–Trinajstić information content (AvgIpc) is 1.27. The van der Waals surface area contributed by atoms with Crippen LogP contribution < -0.4 is 0 Å². The molecule has 0 amide bonds. The minimum absolute atomic E-state index is 0. The maximum absolute atomic E-state index is 9.98. The number of carbonyl (C=O) groups excluding carboxylic acids is 2. The van der Waals surface area contributed by atoms with E-state index in [1.54, 1.807) is 0 Å². The third-order valence-corrected chi connectivity index (χ3v) is 0.407. The van der Waals surface area contributed by atoms with Gasteiger partial charge in [0.05, 0.1) is 0 Å². The zero-order valence-electron chi connectivity index (χ0n) is 4.84. The first-order valence-corrected chi connectivity index (χ1v) is 1.99. The Morgan fingerprint density at radius 2 is 1.38 bits per heavy atom. The molecule has 0 heterocycles. The van der Waals surface area contributed by atoms with Gasteiger partial charge in [0.15, 0.2) is 0 Å². The second kappa shape index (κ2) is 5.09. The van der Waals surface area contributed by atoms with Gasteiger partial charge < -0.3 is 9.59 Å². The van der Waals surface area contributed by atoms with Gasteiger partial charge >= 0.3 is 0 Å². The van der Waals surface area contributed by atoms with E-state index < -0.39 is 0 Å². The topological polar surface area (TPSA) is 34.1 Å². The van der Waals surface area contributed by atoms with Gasteiger partial charge in [-0.15, -0.1) is 0 Å². The number of carbonyl (C=O) groups is 2. The van der Waals surface area contributed by atoms with Crippen LogP contribution in [0.3, 0.4) is 0 Å². The molecule has 1 radical (unpaired) electrons. The number of hydrogen-bond donors (Lipinski definition) is 0. The van der Waals surface area contributed by atoms with Crippen LogP contribution >= 0.6 is 0 Å². The minimum Gasteiger partial charge on any atom is -0.334 e. The molecule has 0 aliphatic carbocycles. The van der Waals surface area contributed by atoms with Gasteiger partial charge in [-0.05, 0) is 13.8 Å². The molecule has 3 heteroatoms. The van der Waals surface area contributed by atoms with Gasteiger partial charge in [0.1, 0.15) is 0 Å². The Labute approximate surface area is 64.2 Å². The third-order valence-electron chi connectivity index (χ3n) is 0.407. The predicted molar refractivity (Wildman–Crippen MR) is 25.7 cm³/mol. The minimum atomic E-state index is -0.187. The Hall–Kier alpha value is -0.0497. The van der Waals surface area contributed by atoms with E-state index in [0.717, 1.165) is 6.42 Å². The van der Waals surface area contributed by atoms with Crippen molar-refractivity contribution in [2.45, 2.75) is 13.8 Å². The first kappa shape index (κ1) is 10.8. The molecule has 0 aromatic heterocycles. The fourth-order valence-electron chi connectivity index (χ4n) is 0.286. The van der Waals surface area contributed by atoms with Crippen molar-refractivity contribution in [2.75, 3.05) is 0 Å². The van der Waals surface area contributed by atoms with Crippen LogP contribution in [0.2, 0.25) is 0 Å². The average molecular weight is 280 g/mol. The van der Waals surface area contributed by atoms with Gasteiger partial charge in [-0.1, -0.05) is 0 Å². The van der Waals surface area contributed by atoms with Crippen molar-refractivity contribution in [1.29, 1.82) is 0 Å². The molecular formula is C5H7O2Ta-. The van der Waals surface area contributed by atoms with E-state index in [0.29, 0.717) is 0 Å². The van der Waals surface area contributed by atoms with Crippen LogP contribution in [-0.4, -0.2) is 11.6 Å². The zero-order chi connectivity index (χ0) is 5.86. The van der Waals surface area contributed by atoms with Crippen LogP contribution in [-0.2, 0) is 32.0 Å². The van der Waals surface area contributed by atoms with Crippen LogP contribution in [0.1, 0.15) is 13.8 Å². The van der Waals surface area contributed by atoms with Crippen molar-refractivity contribution in [3.8, 4) is 0 Å². The van der Waals surface area contributed by atoms with E-state index in [-0.39, 0.29) is 33.9 Å². The van der Waals surface area contributed by atoms with Gasteiger partial charge in [0.2, 0.25) is 0 Å². The molecule has 0 aromatic rings. The molecule has 0 aromatic carbocycles. The summed E-state index contributed by atoms with van der Waals surface area (Å²) < 4.78 is 0. The van der Waals surface area contributed by atoms with E-state index in [9.17, 15) is 9.59 Å². The standard InChI is InChI=1S/C5H7O2.Ta/c1-4(6)3-5(2)7;/h3H,1-2H3;/q-1;. The second-order valence-corrected chi connectivity index (χ2v) is 1.37. The van der Waals surface area contributed by atoms with Crippen LogP contribution in [0, 0.1) is 6.42 Å². The summed E-state index contributed by atoms with van der Waals surface area (Å²) in [5.41, 5.74) is 0. The van der Waals surface area contributed by atoms with Gasteiger partial charge in [-0.25, -0.2) is 0 Å². The normalized spacial score (nSPS) is 6.75. The molecular weight excluding hydrogens is 273 g/mol. The van der Waals surface area contributed by atoms with Crippen LogP contribution in [0.4, 0.5) is 0 Å². The van der Waals surface area contributed by atoms with Crippen molar-refractivity contribution in [2.24, 2.45) is 0 Å². The van der Waals surface area contributed by atoms with E-state index >= 15 is 0 Å². The molecule has 0 aliphatic rings. The SMILES string of the molecule is CC(=O)[CH-]C(C)=O.[Ta]. The van der Waals surface area contributed by atoms with Crippen molar-refractivity contribution in [1.82, 2.24) is 0 Å². The van der Waals surface area contributed by atoms with E-state index in [2.05, 4.69) is 0 Å². The molecule has 0 N–H and O–H groups in total. The summed E-state index contributed by atoms with van der Waals surface area (Å²) in [4.78, 5) is 20.0. The van der Waals surface area contributed by atoms with Crippen molar-refractivity contribution >= 4 is 11.6 Å². The summed E-state index contributed by atoms with van der Waals surface area (Å²) in [7, 11) is 0. The summed E-state index contributed by atoms with van der Waals surface area (Å²) in [5, 5.41) is 0. The zero-order valence-corrected chi connectivity index (χ0v) is 8.05. The van der Waals surface area contributed by atoms with Gasteiger partial charge in [-0.2, -0.15) is 0 Å². The predicted octanol–water partition coefficient (Wildman–Crippen LogP) is 0.366. The summed E-state index contributed by atoms with van der Waals surface area (Å²) >= 11 is 0. The summed E-state index contributed by atoms with van der Waals surface area (Å²) in [6, 6.07) is 0. The maximum Gasteiger partial charge on any atom is 0.00219 e. The number of Topliss-reactive ketones (excluding diaryl/α,β-unsaturated/α-hetero) is 2. The molecule has 0 saturated carbocycles. The van der Waals surface area contributed by atoms with Crippen LogP contribution in [0.5, 0.6) is 0 Å². The molecule has 0 rings (SSSR count). The molecule has 0 fully saturated rings. The Morgan fingerprint density at radius 3 is 1.38 bits per heavy atom. The van der Waals surface area contributed by atoms with E-state index in [4.69, 9.17) is 0 Å².